The van der Waals surface area contributed by atoms with Crippen LogP contribution in [0.1, 0.15) is 25.7 Å². The van der Waals surface area contributed by atoms with Gasteiger partial charge in [0.05, 0.1) is 29.5 Å². The Morgan fingerprint density at radius 3 is 2.69 bits per heavy atom. The maximum absolute atomic E-state index is 12.2. The lowest BCUT2D eigenvalue weighted by atomic mass is 10.1. The molecule has 26 heavy (non-hydrogen) atoms. The van der Waals surface area contributed by atoms with Crippen molar-refractivity contribution in [3.63, 3.8) is 0 Å². The van der Waals surface area contributed by atoms with Gasteiger partial charge in [-0.25, -0.2) is 4.98 Å². The highest BCUT2D eigenvalue weighted by atomic mass is 16.1. The number of nitrogens with one attached hydrogen (secondary N) is 3. The van der Waals surface area contributed by atoms with E-state index < -0.39 is 0 Å². The number of carbonyl (C=O) groups excluding carboxylic acids is 1. The number of amides is 1. The summed E-state index contributed by atoms with van der Waals surface area (Å²) in [6.07, 6.45) is 9.34. The highest BCUT2D eigenvalue weighted by molar-refractivity contribution is 5.92. The quantitative estimate of drug-likeness (QED) is 0.653. The molecule has 1 aliphatic carbocycles. The summed E-state index contributed by atoms with van der Waals surface area (Å²) in [6, 6.07) is 9.39. The van der Waals surface area contributed by atoms with Crippen LogP contribution in [0.4, 0.5) is 17.2 Å². The minimum atomic E-state index is 0.0947. The number of rotatable bonds is 5. The van der Waals surface area contributed by atoms with Crippen LogP contribution in [0.5, 0.6) is 0 Å². The van der Waals surface area contributed by atoms with E-state index in [4.69, 9.17) is 0 Å². The van der Waals surface area contributed by atoms with Gasteiger partial charge in [0.15, 0.2) is 0 Å². The van der Waals surface area contributed by atoms with E-state index in [1.54, 1.807) is 18.6 Å². The lowest BCUT2D eigenvalue weighted by Gasteiger charge is -2.11. The summed E-state index contributed by atoms with van der Waals surface area (Å²) in [5.41, 5.74) is 3.10. The molecule has 0 aliphatic heterocycles. The minimum absolute atomic E-state index is 0.0947. The van der Waals surface area contributed by atoms with E-state index in [1.165, 1.54) is 0 Å². The van der Waals surface area contributed by atoms with Gasteiger partial charge in [0.2, 0.25) is 5.91 Å². The van der Waals surface area contributed by atoms with E-state index in [9.17, 15) is 4.79 Å². The van der Waals surface area contributed by atoms with Crippen molar-refractivity contribution in [3.05, 3.63) is 48.9 Å². The summed E-state index contributed by atoms with van der Waals surface area (Å²) in [6.45, 7) is 0. The van der Waals surface area contributed by atoms with Crippen LogP contribution in [0.15, 0.2) is 48.9 Å². The second kappa shape index (κ2) is 7.35. The van der Waals surface area contributed by atoms with Crippen molar-refractivity contribution in [1.82, 2.24) is 20.2 Å². The zero-order valence-corrected chi connectivity index (χ0v) is 14.3. The van der Waals surface area contributed by atoms with E-state index in [0.29, 0.717) is 11.5 Å². The lowest BCUT2D eigenvalue weighted by molar-refractivity contribution is -0.119. The molecule has 7 heteroatoms. The van der Waals surface area contributed by atoms with Crippen molar-refractivity contribution in [2.45, 2.75) is 25.7 Å². The number of aromatic nitrogens is 4. The Balaban J connectivity index is 1.44. The molecular weight excluding hydrogens is 328 g/mol. The lowest BCUT2D eigenvalue weighted by Crippen LogP contribution is -2.20. The second-order valence-electron chi connectivity index (χ2n) is 6.40. The Morgan fingerprint density at radius 2 is 1.96 bits per heavy atom. The summed E-state index contributed by atoms with van der Waals surface area (Å²) in [7, 11) is 0. The average Bonchev–Trinajstić information content (AvgIpc) is 3.36. The Bertz CT molecular complexity index is 869. The molecule has 132 valence electrons. The summed E-state index contributed by atoms with van der Waals surface area (Å²) in [4.78, 5) is 20.9. The first-order valence-electron chi connectivity index (χ1n) is 8.78. The third kappa shape index (κ3) is 3.56. The molecule has 1 saturated carbocycles. The molecule has 0 saturated heterocycles. The SMILES string of the molecule is O=C(Nc1ccc(Nc2cn[nH]c2-c2ccccn2)nc1)C1CCCC1. The van der Waals surface area contributed by atoms with Gasteiger partial charge in [-0.1, -0.05) is 18.9 Å². The summed E-state index contributed by atoms with van der Waals surface area (Å²) in [5, 5.41) is 13.2. The maximum atomic E-state index is 12.2. The van der Waals surface area contributed by atoms with Gasteiger partial charge in [0.1, 0.15) is 11.5 Å². The van der Waals surface area contributed by atoms with Gasteiger partial charge in [-0.15, -0.1) is 0 Å². The largest absolute Gasteiger partial charge is 0.337 e. The molecule has 0 unspecified atom stereocenters. The van der Waals surface area contributed by atoms with Crippen LogP contribution in [-0.2, 0) is 4.79 Å². The number of carbonyl (C=O) groups is 1. The van der Waals surface area contributed by atoms with Crippen molar-refractivity contribution in [2.75, 3.05) is 10.6 Å². The first kappa shape index (κ1) is 16.3. The van der Waals surface area contributed by atoms with E-state index in [0.717, 1.165) is 42.8 Å². The highest BCUT2D eigenvalue weighted by Gasteiger charge is 2.22. The predicted octanol–water partition coefficient (Wildman–Crippen LogP) is 3.74. The van der Waals surface area contributed by atoms with E-state index in [-0.39, 0.29) is 11.8 Å². The monoisotopic (exact) mass is 348 g/mol. The molecule has 1 aliphatic rings. The van der Waals surface area contributed by atoms with Crippen LogP contribution in [0.25, 0.3) is 11.4 Å². The van der Waals surface area contributed by atoms with Gasteiger partial charge in [-0.2, -0.15) is 5.10 Å². The number of hydrogen-bond acceptors (Lipinski definition) is 5. The third-order valence-electron chi connectivity index (χ3n) is 4.58. The summed E-state index contributed by atoms with van der Waals surface area (Å²) < 4.78 is 0. The Hall–Kier alpha value is -3.22. The Morgan fingerprint density at radius 1 is 1.08 bits per heavy atom. The van der Waals surface area contributed by atoms with Crippen LogP contribution in [0.3, 0.4) is 0 Å². The van der Waals surface area contributed by atoms with Crippen LogP contribution < -0.4 is 10.6 Å². The molecule has 0 atom stereocenters. The number of anilines is 3. The molecule has 1 fully saturated rings. The fourth-order valence-electron chi connectivity index (χ4n) is 3.20. The van der Waals surface area contributed by atoms with Crippen LogP contribution in [-0.4, -0.2) is 26.1 Å². The molecule has 3 heterocycles. The molecule has 0 aromatic carbocycles. The zero-order chi connectivity index (χ0) is 17.8. The molecule has 1 amide bonds. The van der Waals surface area contributed by atoms with Crippen molar-refractivity contribution >= 4 is 23.1 Å². The summed E-state index contributed by atoms with van der Waals surface area (Å²) >= 11 is 0. The number of H-pyrrole nitrogens is 1. The minimum Gasteiger partial charge on any atom is -0.337 e. The van der Waals surface area contributed by atoms with Gasteiger partial charge in [-0.3, -0.25) is 14.9 Å². The van der Waals surface area contributed by atoms with Crippen LogP contribution in [0.2, 0.25) is 0 Å². The zero-order valence-electron chi connectivity index (χ0n) is 14.3. The molecule has 7 nitrogen and oxygen atoms in total. The molecule has 3 aromatic heterocycles. The van der Waals surface area contributed by atoms with E-state index >= 15 is 0 Å². The first-order valence-corrected chi connectivity index (χ1v) is 8.78. The van der Waals surface area contributed by atoms with Gasteiger partial charge < -0.3 is 10.6 Å². The topological polar surface area (TPSA) is 95.6 Å². The van der Waals surface area contributed by atoms with Crippen molar-refractivity contribution in [3.8, 4) is 11.4 Å². The second-order valence-corrected chi connectivity index (χ2v) is 6.40. The van der Waals surface area contributed by atoms with Crippen LogP contribution in [0, 0.1) is 5.92 Å². The van der Waals surface area contributed by atoms with E-state index in [2.05, 4.69) is 30.8 Å². The molecule has 4 rings (SSSR count). The van der Waals surface area contributed by atoms with Gasteiger partial charge in [0, 0.05) is 12.1 Å². The van der Waals surface area contributed by atoms with Gasteiger partial charge in [-0.05, 0) is 37.1 Å². The first-order chi connectivity index (χ1) is 12.8. The standard InChI is InChI=1S/C19H20N6O/c26-19(13-5-1-2-6-13)23-14-8-9-17(21-11-14)24-16-12-22-25-18(16)15-7-3-4-10-20-15/h3-4,7-13H,1-2,5-6H2,(H,21,24)(H,22,25)(H,23,26). The number of nitrogens with zero attached hydrogens (tertiary/aromatic N) is 3. The smallest absolute Gasteiger partial charge is 0.227 e. The molecule has 0 bridgehead atoms. The highest BCUT2D eigenvalue weighted by Crippen LogP contribution is 2.27. The molecule has 3 N–H and O–H groups in total. The van der Waals surface area contributed by atoms with Gasteiger partial charge >= 0.3 is 0 Å². The average molecular weight is 348 g/mol. The van der Waals surface area contributed by atoms with E-state index in [1.807, 2.05) is 30.3 Å². The van der Waals surface area contributed by atoms with Crippen LogP contribution >= 0.6 is 0 Å². The Kier molecular flexibility index (Phi) is 4.59. The van der Waals surface area contributed by atoms with Crippen molar-refractivity contribution < 1.29 is 4.79 Å². The molecule has 0 spiro atoms. The summed E-state index contributed by atoms with van der Waals surface area (Å²) in [5.74, 6) is 0.902. The normalized spacial score (nSPS) is 14.3. The number of hydrogen-bond donors (Lipinski definition) is 3. The molecular formula is C19H20N6O. The fourth-order valence-corrected chi connectivity index (χ4v) is 3.20. The maximum Gasteiger partial charge on any atom is 0.227 e. The molecule has 3 aromatic rings. The van der Waals surface area contributed by atoms with Gasteiger partial charge in [0.25, 0.3) is 0 Å². The predicted molar refractivity (Wildman–Crippen MR) is 99.9 cm³/mol. The number of aromatic amines is 1. The van der Waals surface area contributed by atoms with Crippen molar-refractivity contribution in [1.29, 1.82) is 0 Å². The van der Waals surface area contributed by atoms with Crippen molar-refractivity contribution in [2.24, 2.45) is 5.92 Å². The third-order valence-corrected chi connectivity index (χ3v) is 4.58. The number of pyridine rings is 2. The Labute approximate surface area is 151 Å². The molecule has 0 radical (unpaired) electrons. The fraction of sp³-hybridized carbons (Fsp3) is 0.263.